The summed E-state index contributed by atoms with van der Waals surface area (Å²) < 4.78 is 5.71. The molecular weight excluding hydrogens is 404 g/mol. The van der Waals surface area contributed by atoms with E-state index >= 15 is 0 Å². The third-order valence-electron chi connectivity index (χ3n) is 4.32. The van der Waals surface area contributed by atoms with Gasteiger partial charge in [0.15, 0.2) is 0 Å². The number of carbonyl (C=O) groups is 1. The van der Waals surface area contributed by atoms with Gasteiger partial charge in [-0.25, -0.2) is 14.8 Å². The number of fused-ring (bicyclic) bond motifs is 1. The number of aromatic nitrogens is 2. The molecule has 0 spiro atoms. The highest BCUT2D eigenvalue weighted by molar-refractivity contribution is 7.99. The summed E-state index contributed by atoms with van der Waals surface area (Å²) in [7, 11) is 0. The normalized spacial score (nSPS) is 10.9. The van der Waals surface area contributed by atoms with Crippen molar-refractivity contribution in [1.29, 1.82) is 0 Å². The Labute approximate surface area is 176 Å². The van der Waals surface area contributed by atoms with E-state index in [1.54, 1.807) is 53.7 Å². The molecule has 4 aromatic rings. The van der Waals surface area contributed by atoms with E-state index in [1.807, 2.05) is 18.2 Å². The number of thioether (sulfide) groups is 1. The number of hydrogen-bond donors (Lipinski definition) is 1. The van der Waals surface area contributed by atoms with Crippen LogP contribution in [0.15, 0.2) is 71.3 Å². The first kappa shape index (κ1) is 19.4. The molecule has 0 fully saturated rings. The van der Waals surface area contributed by atoms with Crippen molar-refractivity contribution >= 4 is 39.3 Å². The Balaban J connectivity index is 1.37. The van der Waals surface area contributed by atoms with Crippen LogP contribution in [0.25, 0.3) is 21.3 Å². The minimum Gasteiger partial charge on any atom is -0.494 e. The van der Waals surface area contributed by atoms with Crippen molar-refractivity contribution in [3.8, 4) is 16.9 Å². The summed E-state index contributed by atoms with van der Waals surface area (Å²) in [5.41, 5.74) is 2.60. The number of rotatable bonds is 8. The van der Waals surface area contributed by atoms with Crippen LogP contribution in [0.4, 0.5) is 0 Å². The zero-order valence-corrected chi connectivity index (χ0v) is 17.1. The summed E-state index contributed by atoms with van der Waals surface area (Å²) in [6.45, 7) is 0.558. The van der Waals surface area contributed by atoms with E-state index in [4.69, 9.17) is 9.84 Å². The van der Waals surface area contributed by atoms with Gasteiger partial charge in [0.2, 0.25) is 0 Å². The number of ether oxygens (including phenoxy) is 1. The van der Waals surface area contributed by atoms with E-state index in [-0.39, 0.29) is 5.56 Å². The van der Waals surface area contributed by atoms with Crippen LogP contribution in [-0.4, -0.2) is 33.4 Å². The third kappa shape index (κ3) is 4.58. The summed E-state index contributed by atoms with van der Waals surface area (Å²) in [5, 5.41) is 13.2. The van der Waals surface area contributed by atoms with Crippen LogP contribution in [0.3, 0.4) is 0 Å². The maximum absolute atomic E-state index is 10.9. The van der Waals surface area contributed by atoms with E-state index < -0.39 is 5.97 Å². The molecule has 0 bridgehead atoms. The second kappa shape index (κ2) is 9.07. The van der Waals surface area contributed by atoms with Gasteiger partial charge in [0, 0.05) is 16.7 Å². The fraction of sp³-hybridized carbons (Fsp3) is 0.136. The second-order valence-corrected chi connectivity index (χ2v) is 8.20. The molecular formula is C22H18N2O3S2. The molecule has 7 heteroatoms. The van der Waals surface area contributed by atoms with Crippen LogP contribution in [0, 0.1) is 0 Å². The van der Waals surface area contributed by atoms with Crippen LogP contribution in [0.2, 0.25) is 0 Å². The van der Waals surface area contributed by atoms with Crippen molar-refractivity contribution in [2.45, 2.75) is 11.4 Å². The van der Waals surface area contributed by atoms with Crippen LogP contribution in [-0.2, 0) is 0 Å². The molecule has 0 radical (unpaired) electrons. The molecule has 5 nitrogen and oxygen atoms in total. The fourth-order valence-corrected chi connectivity index (χ4v) is 4.81. The molecule has 0 aliphatic heterocycles. The highest BCUT2D eigenvalue weighted by atomic mass is 32.2. The van der Waals surface area contributed by atoms with Crippen LogP contribution < -0.4 is 4.74 Å². The highest BCUT2D eigenvalue weighted by Gasteiger charge is 2.13. The minimum absolute atomic E-state index is 0.255. The molecule has 2 heterocycles. The molecule has 0 saturated heterocycles. The predicted octanol–water partition coefficient (Wildman–Crippen LogP) is 5.62. The van der Waals surface area contributed by atoms with Crippen LogP contribution in [0.5, 0.6) is 5.75 Å². The molecule has 4 rings (SSSR count). The SMILES string of the molecule is O=C(O)c1ccc(OCCCSc2ncnc3scc(-c4ccccc4)c23)cc1. The van der Waals surface area contributed by atoms with Crippen molar-refractivity contribution in [3.63, 3.8) is 0 Å². The van der Waals surface area contributed by atoms with Crippen molar-refractivity contribution < 1.29 is 14.6 Å². The van der Waals surface area contributed by atoms with Crippen LogP contribution in [0.1, 0.15) is 16.8 Å². The zero-order chi connectivity index (χ0) is 20.1. The largest absolute Gasteiger partial charge is 0.494 e. The lowest BCUT2D eigenvalue weighted by atomic mass is 10.1. The number of carboxylic acid groups (broad SMARTS) is 1. The van der Waals surface area contributed by atoms with Crippen LogP contribution >= 0.6 is 23.1 Å². The number of hydrogen-bond acceptors (Lipinski definition) is 6. The third-order valence-corrected chi connectivity index (χ3v) is 6.28. The molecule has 2 aromatic carbocycles. The van der Waals surface area contributed by atoms with E-state index in [9.17, 15) is 4.79 Å². The Hall–Kier alpha value is -2.90. The van der Waals surface area contributed by atoms with Crippen molar-refractivity contribution in [2.24, 2.45) is 0 Å². The Morgan fingerprint density at radius 2 is 1.86 bits per heavy atom. The monoisotopic (exact) mass is 422 g/mol. The Morgan fingerprint density at radius 3 is 2.62 bits per heavy atom. The lowest BCUT2D eigenvalue weighted by molar-refractivity contribution is 0.0697. The molecule has 0 aliphatic carbocycles. The highest BCUT2D eigenvalue weighted by Crippen LogP contribution is 2.37. The van der Waals surface area contributed by atoms with E-state index in [0.29, 0.717) is 12.4 Å². The molecule has 0 saturated carbocycles. The average Bonchev–Trinajstić information content (AvgIpc) is 3.19. The minimum atomic E-state index is -0.938. The maximum atomic E-state index is 10.9. The van der Waals surface area contributed by atoms with Gasteiger partial charge in [-0.3, -0.25) is 0 Å². The molecule has 146 valence electrons. The lowest BCUT2D eigenvalue weighted by Crippen LogP contribution is -2.00. The van der Waals surface area contributed by atoms with E-state index in [2.05, 4.69) is 27.5 Å². The molecule has 0 aliphatic rings. The predicted molar refractivity (Wildman–Crippen MR) is 117 cm³/mol. The molecule has 0 amide bonds. The molecule has 0 unspecified atom stereocenters. The summed E-state index contributed by atoms with van der Waals surface area (Å²) >= 11 is 3.34. The van der Waals surface area contributed by atoms with Crippen molar-refractivity contribution in [2.75, 3.05) is 12.4 Å². The molecule has 1 N–H and O–H groups in total. The standard InChI is InChI=1S/C22H18N2O3S2/c25-22(26)16-7-9-17(10-8-16)27-11-4-12-28-20-19-18(15-5-2-1-3-6-15)13-29-21(19)24-14-23-20/h1-3,5-10,13-14H,4,11-12H2,(H,25,26). The van der Waals surface area contributed by atoms with Crippen molar-refractivity contribution in [1.82, 2.24) is 9.97 Å². The fourth-order valence-electron chi connectivity index (χ4n) is 2.90. The lowest BCUT2D eigenvalue weighted by Gasteiger charge is -2.07. The first-order valence-corrected chi connectivity index (χ1v) is 11.0. The summed E-state index contributed by atoms with van der Waals surface area (Å²) in [6.07, 6.45) is 2.47. The van der Waals surface area contributed by atoms with E-state index in [1.165, 1.54) is 11.1 Å². The van der Waals surface area contributed by atoms with Gasteiger partial charge >= 0.3 is 5.97 Å². The van der Waals surface area contributed by atoms with E-state index in [0.717, 1.165) is 27.4 Å². The Bertz CT molecular complexity index is 1110. The van der Waals surface area contributed by atoms with Gasteiger partial charge in [-0.1, -0.05) is 30.3 Å². The zero-order valence-electron chi connectivity index (χ0n) is 15.4. The van der Waals surface area contributed by atoms with Gasteiger partial charge in [-0.15, -0.1) is 23.1 Å². The average molecular weight is 423 g/mol. The summed E-state index contributed by atoms with van der Waals surface area (Å²) in [6, 6.07) is 16.8. The molecule has 29 heavy (non-hydrogen) atoms. The van der Waals surface area contributed by atoms with Gasteiger partial charge < -0.3 is 9.84 Å². The quantitative estimate of drug-likeness (QED) is 0.226. The first-order valence-electron chi connectivity index (χ1n) is 9.09. The number of benzene rings is 2. The Morgan fingerprint density at radius 1 is 1.07 bits per heavy atom. The summed E-state index contributed by atoms with van der Waals surface area (Å²) in [4.78, 5) is 20.8. The second-order valence-electron chi connectivity index (χ2n) is 6.25. The van der Waals surface area contributed by atoms with Crippen molar-refractivity contribution in [3.05, 3.63) is 71.9 Å². The molecule has 0 atom stereocenters. The number of nitrogens with zero attached hydrogens (tertiary/aromatic N) is 2. The van der Waals surface area contributed by atoms with Gasteiger partial charge in [0.05, 0.1) is 17.6 Å². The van der Waals surface area contributed by atoms with Gasteiger partial charge in [-0.05, 0) is 36.2 Å². The number of thiophene rings is 1. The topological polar surface area (TPSA) is 72.3 Å². The molecule has 2 aromatic heterocycles. The number of aromatic carboxylic acids is 1. The number of carboxylic acids is 1. The summed E-state index contributed by atoms with van der Waals surface area (Å²) in [5.74, 6) is 0.602. The first-order chi connectivity index (χ1) is 14.2. The smallest absolute Gasteiger partial charge is 0.335 e. The maximum Gasteiger partial charge on any atom is 0.335 e. The van der Waals surface area contributed by atoms with Gasteiger partial charge in [0.1, 0.15) is 21.9 Å². The van der Waals surface area contributed by atoms with Gasteiger partial charge in [0.25, 0.3) is 0 Å². The Kier molecular flexibility index (Phi) is 6.07. The van der Waals surface area contributed by atoms with Gasteiger partial charge in [-0.2, -0.15) is 0 Å².